The van der Waals surface area contributed by atoms with Gasteiger partial charge in [0.05, 0.1) is 19.2 Å². The Morgan fingerprint density at radius 1 is 1.29 bits per heavy atom. The summed E-state index contributed by atoms with van der Waals surface area (Å²) in [5.41, 5.74) is 5.59. The van der Waals surface area contributed by atoms with Crippen LogP contribution in [0.5, 0.6) is 5.75 Å². The van der Waals surface area contributed by atoms with Gasteiger partial charge in [0.2, 0.25) is 5.91 Å². The van der Waals surface area contributed by atoms with Crippen LogP contribution in [0.25, 0.3) is 0 Å². The molecule has 2 amide bonds. The van der Waals surface area contributed by atoms with E-state index in [1.165, 1.54) is 16.8 Å². The number of nitrogens with two attached hydrogens (primary N) is 1. The van der Waals surface area contributed by atoms with Gasteiger partial charge in [-0.25, -0.2) is 0 Å². The summed E-state index contributed by atoms with van der Waals surface area (Å²) in [7, 11) is 1.55. The third-order valence-corrected chi connectivity index (χ3v) is 3.44. The number of pyridine rings is 1. The molecule has 126 valence electrons. The predicted octanol–water partition coefficient (Wildman–Crippen LogP) is 0.754. The summed E-state index contributed by atoms with van der Waals surface area (Å²) in [6.45, 7) is 2.29. The number of ether oxygens (including phenoxy) is 1. The summed E-state index contributed by atoms with van der Waals surface area (Å²) in [4.78, 5) is 36.1. The third-order valence-electron chi connectivity index (χ3n) is 3.44. The highest BCUT2D eigenvalue weighted by Gasteiger charge is 2.16. The fourth-order valence-corrected chi connectivity index (χ4v) is 2.27. The Morgan fingerprint density at radius 2 is 2.04 bits per heavy atom. The van der Waals surface area contributed by atoms with Gasteiger partial charge in [-0.3, -0.25) is 14.4 Å². The number of nitrogens with zero attached hydrogens (tertiary/aromatic N) is 1. The maximum absolute atomic E-state index is 12.5. The van der Waals surface area contributed by atoms with E-state index < -0.39 is 17.4 Å². The molecule has 0 atom stereocenters. The van der Waals surface area contributed by atoms with Gasteiger partial charge in [-0.2, -0.15) is 0 Å². The number of carbonyl (C=O) groups is 2. The standard InChI is InChI=1S/C17H19N3O4/c1-3-19-16(22)14-8-12(15(18)21)10-20(17(14)23)9-11-5-4-6-13(7-11)24-2/h4-8,10H,3,9H2,1-2H3,(H2,18,21)(H,19,22). The van der Waals surface area contributed by atoms with Crippen molar-refractivity contribution in [2.75, 3.05) is 13.7 Å². The first kappa shape index (κ1) is 17.3. The fraction of sp³-hybridized carbons (Fsp3) is 0.235. The van der Waals surface area contributed by atoms with E-state index >= 15 is 0 Å². The number of methoxy groups -OCH3 is 1. The van der Waals surface area contributed by atoms with Crippen molar-refractivity contribution in [1.82, 2.24) is 9.88 Å². The summed E-state index contributed by atoms with van der Waals surface area (Å²) in [6.07, 6.45) is 1.35. The quantitative estimate of drug-likeness (QED) is 0.816. The van der Waals surface area contributed by atoms with Crippen LogP contribution in [0.15, 0.2) is 41.3 Å². The number of primary amides is 1. The van der Waals surface area contributed by atoms with E-state index in [0.29, 0.717) is 12.3 Å². The van der Waals surface area contributed by atoms with Crippen molar-refractivity contribution < 1.29 is 14.3 Å². The van der Waals surface area contributed by atoms with Gasteiger partial charge in [-0.1, -0.05) is 12.1 Å². The molecule has 0 saturated carbocycles. The second kappa shape index (κ2) is 7.45. The van der Waals surface area contributed by atoms with Crippen molar-refractivity contribution in [3.8, 4) is 5.75 Å². The molecule has 0 aliphatic heterocycles. The molecule has 0 aliphatic carbocycles. The maximum Gasteiger partial charge on any atom is 0.263 e. The van der Waals surface area contributed by atoms with Crippen LogP contribution in [0.2, 0.25) is 0 Å². The number of aromatic nitrogens is 1. The first-order chi connectivity index (χ1) is 11.5. The van der Waals surface area contributed by atoms with Crippen molar-refractivity contribution in [2.45, 2.75) is 13.5 Å². The van der Waals surface area contributed by atoms with E-state index in [2.05, 4.69) is 5.32 Å². The van der Waals surface area contributed by atoms with Crippen LogP contribution in [-0.2, 0) is 6.54 Å². The molecule has 24 heavy (non-hydrogen) atoms. The Hall–Kier alpha value is -3.09. The minimum atomic E-state index is -0.708. The number of benzene rings is 1. The molecule has 2 rings (SSSR count). The molecule has 1 aromatic heterocycles. The normalized spacial score (nSPS) is 10.2. The van der Waals surface area contributed by atoms with Crippen molar-refractivity contribution in [2.24, 2.45) is 5.73 Å². The van der Waals surface area contributed by atoms with Crippen LogP contribution in [0.4, 0.5) is 0 Å². The lowest BCUT2D eigenvalue weighted by molar-refractivity contribution is 0.0953. The first-order valence-electron chi connectivity index (χ1n) is 7.41. The maximum atomic E-state index is 12.5. The molecule has 0 radical (unpaired) electrons. The van der Waals surface area contributed by atoms with Crippen molar-refractivity contribution in [3.63, 3.8) is 0 Å². The van der Waals surface area contributed by atoms with Crippen molar-refractivity contribution >= 4 is 11.8 Å². The summed E-state index contributed by atoms with van der Waals surface area (Å²) in [5, 5.41) is 2.55. The van der Waals surface area contributed by atoms with E-state index in [9.17, 15) is 14.4 Å². The Balaban J connectivity index is 2.49. The number of carbonyl (C=O) groups excluding carboxylic acids is 2. The lowest BCUT2D eigenvalue weighted by Crippen LogP contribution is -2.34. The highest BCUT2D eigenvalue weighted by molar-refractivity contribution is 5.98. The topological polar surface area (TPSA) is 103 Å². The molecule has 7 nitrogen and oxygen atoms in total. The van der Waals surface area contributed by atoms with Crippen LogP contribution in [0, 0.1) is 0 Å². The third kappa shape index (κ3) is 3.81. The second-order valence-corrected chi connectivity index (χ2v) is 5.15. The molecule has 0 spiro atoms. The summed E-state index contributed by atoms with van der Waals surface area (Å²) in [5.74, 6) is -0.597. The minimum Gasteiger partial charge on any atom is -0.497 e. The van der Waals surface area contributed by atoms with Gasteiger partial charge in [0.25, 0.3) is 11.5 Å². The van der Waals surface area contributed by atoms with Gasteiger partial charge in [-0.05, 0) is 30.7 Å². The molecular weight excluding hydrogens is 310 g/mol. The molecule has 2 aromatic rings. The number of hydrogen-bond acceptors (Lipinski definition) is 4. The zero-order chi connectivity index (χ0) is 17.7. The Morgan fingerprint density at radius 3 is 2.67 bits per heavy atom. The monoisotopic (exact) mass is 329 g/mol. The van der Waals surface area contributed by atoms with Gasteiger partial charge >= 0.3 is 0 Å². The smallest absolute Gasteiger partial charge is 0.263 e. The lowest BCUT2D eigenvalue weighted by Gasteiger charge is -2.11. The summed E-state index contributed by atoms with van der Waals surface area (Å²) < 4.78 is 6.44. The average Bonchev–Trinajstić information content (AvgIpc) is 2.56. The zero-order valence-corrected chi connectivity index (χ0v) is 13.5. The van der Waals surface area contributed by atoms with Gasteiger partial charge in [-0.15, -0.1) is 0 Å². The largest absolute Gasteiger partial charge is 0.497 e. The fourth-order valence-electron chi connectivity index (χ4n) is 2.27. The number of amides is 2. The van der Waals surface area contributed by atoms with Gasteiger partial charge in [0, 0.05) is 12.7 Å². The molecule has 7 heteroatoms. The van der Waals surface area contributed by atoms with Gasteiger partial charge in [0.1, 0.15) is 11.3 Å². The molecule has 0 fully saturated rings. The lowest BCUT2D eigenvalue weighted by atomic mass is 10.1. The molecule has 1 aromatic carbocycles. The van der Waals surface area contributed by atoms with Gasteiger partial charge in [0.15, 0.2) is 0 Å². The van der Waals surface area contributed by atoms with E-state index in [1.54, 1.807) is 32.2 Å². The Bertz CT molecular complexity index is 827. The molecule has 0 unspecified atom stereocenters. The van der Waals surface area contributed by atoms with Gasteiger partial charge < -0.3 is 20.4 Å². The molecular formula is C17H19N3O4. The van der Waals surface area contributed by atoms with E-state index in [-0.39, 0.29) is 17.7 Å². The van der Waals surface area contributed by atoms with Crippen LogP contribution < -0.4 is 21.3 Å². The zero-order valence-electron chi connectivity index (χ0n) is 13.5. The van der Waals surface area contributed by atoms with Crippen LogP contribution in [0.3, 0.4) is 0 Å². The highest BCUT2D eigenvalue weighted by Crippen LogP contribution is 2.13. The number of hydrogen-bond donors (Lipinski definition) is 2. The van der Waals surface area contributed by atoms with Crippen LogP contribution in [-0.4, -0.2) is 30.0 Å². The number of rotatable bonds is 6. The SMILES string of the molecule is CCNC(=O)c1cc(C(N)=O)cn(Cc2cccc(OC)c2)c1=O. The molecule has 0 bridgehead atoms. The van der Waals surface area contributed by atoms with E-state index in [0.717, 1.165) is 5.56 Å². The second-order valence-electron chi connectivity index (χ2n) is 5.15. The Kier molecular flexibility index (Phi) is 5.36. The van der Waals surface area contributed by atoms with Crippen molar-refractivity contribution in [1.29, 1.82) is 0 Å². The average molecular weight is 329 g/mol. The summed E-state index contributed by atoms with van der Waals surface area (Å²) >= 11 is 0. The molecule has 0 saturated heterocycles. The van der Waals surface area contributed by atoms with E-state index in [1.807, 2.05) is 6.07 Å². The van der Waals surface area contributed by atoms with Crippen LogP contribution >= 0.6 is 0 Å². The molecule has 3 N–H and O–H groups in total. The van der Waals surface area contributed by atoms with E-state index in [4.69, 9.17) is 10.5 Å². The van der Waals surface area contributed by atoms with Crippen LogP contribution in [0.1, 0.15) is 33.2 Å². The molecule has 0 aliphatic rings. The molecule has 1 heterocycles. The Labute approximate surface area is 139 Å². The highest BCUT2D eigenvalue weighted by atomic mass is 16.5. The number of nitrogens with one attached hydrogen (secondary N) is 1. The minimum absolute atomic E-state index is 0.0961. The predicted molar refractivity (Wildman–Crippen MR) is 89.3 cm³/mol. The summed E-state index contributed by atoms with van der Waals surface area (Å²) in [6, 6.07) is 8.39. The first-order valence-corrected chi connectivity index (χ1v) is 7.41. The van der Waals surface area contributed by atoms with Crippen molar-refractivity contribution in [3.05, 3.63) is 63.6 Å².